The lowest BCUT2D eigenvalue weighted by Crippen LogP contribution is -2.30. The molecule has 4 atom stereocenters. The van der Waals surface area contributed by atoms with Crippen LogP contribution in [0.3, 0.4) is 0 Å². The van der Waals surface area contributed by atoms with Gasteiger partial charge in [0.05, 0.1) is 12.9 Å². The summed E-state index contributed by atoms with van der Waals surface area (Å²) in [5.41, 5.74) is 4.91. The lowest BCUT2D eigenvalue weighted by atomic mass is 10.1. The number of alkyl halides is 1. The van der Waals surface area contributed by atoms with E-state index in [0.717, 1.165) is 0 Å². The number of anilines is 1. The Morgan fingerprint density at radius 1 is 1.60 bits per heavy atom. The molecule has 4 unspecified atom stereocenters. The zero-order valence-electron chi connectivity index (χ0n) is 10.1. The summed E-state index contributed by atoms with van der Waals surface area (Å²) in [6, 6.07) is 0. The van der Waals surface area contributed by atoms with Crippen molar-refractivity contribution >= 4 is 17.1 Å². The smallest absolute Gasteiger partial charge is 0.280 e. The van der Waals surface area contributed by atoms with Gasteiger partial charge in [-0.1, -0.05) is 0 Å². The van der Waals surface area contributed by atoms with Crippen molar-refractivity contribution in [2.45, 2.75) is 24.6 Å². The fourth-order valence-corrected chi connectivity index (χ4v) is 2.21. The zero-order valence-corrected chi connectivity index (χ0v) is 10.1. The molecule has 0 saturated carbocycles. The van der Waals surface area contributed by atoms with E-state index in [1.165, 1.54) is 10.9 Å². The van der Waals surface area contributed by atoms with Gasteiger partial charge in [-0.2, -0.15) is 4.98 Å². The predicted octanol–water partition coefficient (Wildman–Crippen LogP) is -1.71. The van der Waals surface area contributed by atoms with E-state index in [-0.39, 0.29) is 17.1 Å². The minimum Gasteiger partial charge on any atom is -0.394 e. The Kier molecular flexibility index (Phi) is 2.92. The molecule has 0 aromatic carbocycles. The molecule has 20 heavy (non-hydrogen) atoms. The summed E-state index contributed by atoms with van der Waals surface area (Å²) in [5.74, 6) is -0.142. The highest BCUT2D eigenvalue weighted by Crippen LogP contribution is 2.32. The van der Waals surface area contributed by atoms with E-state index >= 15 is 0 Å². The van der Waals surface area contributed by atoms with Gasteiger partial charge in [0.15, 0.2) is 23.6 Å². The molecular formula is C10H12FN5O4. The minimum absolute atomic E-state index is 0.0167. The third-order valence-electron chi connectivity index (χ3n) is 3.20. The largest absolute Gasteiger partial charge is 0.394 e. The number of nitrogens with one attached hydrogen (secondary N) is 1. The van der Waals surface area contributed by atoms with Crippen molar-refractivity contribution in [2.24, 2.45) is 0 Å². The standard InChI is InChI=1S/C10H12FN5O4/c11-4-6(18)3(1-17)20-9(4)16-2-13-5-7(16)14-10(12)15-8(5)19/h2-4,6,9,17-18H,1H2,(H3,12,14,15,19)/i11-1. The number of rotatable bonds is 2. The maximum atomic E-state index is 14.0. The molecule has 3 rings (SSSR count). The lowest BCUT2D eigenvalue weighted by molar-refractivity contribution is -0.0459. The number of H-pyrrole nitrogens is 1. The summed E-state index contributed by atoms with van der Waals surface area (Å²) in [4.78, 5) is 21.6. The van der Waals surface area contributed by atoms with E-state index in [0.29, 0.717) is 0 Å². The molecule has 0 radical (unpaired) electrons. The number of hydrogen-bond donors (Lipinski definition) is 4. The number of nitrogen functional groups attached to an aromatic ring is 1. The number of hydrogen-bond acceptors (Lipinski definition) is 7. The van der Waals surface area contributed by atoms with Gasteiger partial charge < -0.3 is 20.7 Å². The molecule has 9 nitrogen and oxygen atoms in total. The van der Waals surface area contributed by atoms with E-state index in [2.05, 4.69) is 15.0 Å². The second-order valence-electron chi connectivity index (χ2n) is 4.46. The van der Waals surface area contributed by atoms with Crippen LogP contribution in [0.2, 0.25) is 0 Å². The summed E-state index contributed by atoms with van der Waals surface area (Å²) in [6.45, 7) is -0.527. The summed E-state index contributed by atoms with van der Waals surface area (Å²) in [6.07, 6.45) is -4.36. The van der Waals surface area contributed by atoms with Crippen LogP contribution in [0.5, 0.6) is 0 Å². The average molecular weight is 284 g/mol. The van der Waals surface area contributed by atoms with Gasteiger partial charge in [-0.05, 0) is 0 Å². The molecule has 108 valence electrons. The molecule has 1 saturated heterocycles. The number of aliphatic hydroxyl groups excluding tert-OH is 2. The maximum Gasteiger partial charge on any atom is 0.280 e. The third kappa shape index (κ3) is 1.77. The second-order valence-corrected chi connectivity index (χ2v) is 4.46. The van der Waals surface area contributed by atoms with Gasteiger partial charge in [-0.3, -0.25) is 14.3 Å². The number of nitrogens with zero attached hydrogens (tertiary/aromatic N) is 3. The topological polar surface area (TPSA) is 139 Å². The van der Waals surface area contributed by atoms with Gasteiger partial charge in [-0.15, -0.1) is 0 Å². The van der Waals surface area contributed by atoms with Crippen molar-refractivity contribution in [3.63, 3.8) is 0 Å². The SMILES string of the molecule is Nc1nc2c(ncn2C2OC(CO)C(O)C2[18F])c(=O)[nH]1. The fraction of sp³-hybridized carbons (Fsp3) is 0.500. The molecule has 2 aromatic heterocycles. The molecule has 2 aromatic rings. The van der Waals surface area contributed by atoms with E-state index in [9.17, 15) is 14.3 Å². The van der Waals surface area contributed by atoms with E-state index < -0.39 is 36.8 Å². The molecule has 10 heteroatoms. The summed E-state index contributed by atoms with van der Waals surface area (Å²) < 4.78 is 20.4. The zero-order chi connectivity index (χ0) is 14.4. The van der Waals surface area contributed by atoms with Gasteiger partial charge in [0, 0.05) is 0 Å². The normalized spacial score (nSPS) is 30.1. The Labute approximate surface area is 110 Å². The average Bonchev–Trinajstić information content (AvgIpc) is 2.93. The molecule has 3 heterocycles. The van der Waals surface area contributed by atoms with Gasteiger partial charge in [0.25, 0.3) is 5.56 Å². The highest BCUT2D eigenvalue weighted by Gasteiger charge is 2.45. The number of halogens is 1. The first-order valence-electron chi connectivity index (χ1n) is 5.83. The van der Waals surface area contributed by atoms with Crippen molar-refractivity contribution in [1.82, 2.24) is 19.5 Å². The fourth-order valence-electron chi connectivity index (χ4n) is 2.21. The molecule has 0 aliphatic carbocycles. The number of aliphatic hydroxyl groups is 2. The lowest BCUT2D eigenvalue weighted by Gasteiger charge is -2.14. The summed E-state index contributed by atoms with van der Waals surface area (Å²) in [5, 5.41) is 18.6. The van der Waals surface area contributed by atoms with Crippen LogP contribution in [0.4, 0.5) is 10.3 Å². The van der Waals surface area contributed by atoms with Crippen LogP contribution in [0.1, 0.15) is 6.23 Å². The predicted molar refractivity (Wildman–Crippen MR) is 64.5 cm³/mol. The number of nitrogens with two attached hydrogens (primary N) is 1. The van der Waals surface area contributed by atoms with Crippen molar-refractivity contribution in [2.75, 3.05) is 12.3 Å². The quantitative estimate of drug-likeness (QED) is 0.515. The molecular weight excluding hydrogens is 272 g/mol. The Morgan fingerprint density at radius 3 is 3.00 bits per heavy atom. The van der Waals surface area contributed by atoms with Crippen molar-refractivity contribution in [3.8, 4) is 0 Å². The Hall–Kier alpha value is -2.04. The van der Waals surface area contributed by atoms with E-state index in [1.54, 1.807) is 0 Å². The van der Waals surface area contributed by atoms with Gasteiger partial charge in [0.1, 0.15) is 12.2 Å². The van der Waals surface area contributed by atoms with Gasteiger partial charge in [-0.25, -0.2) is 9.37 Å². The van der Waals surface area contributed by atoms with Crippen molar-refractivity contribution < 1.29 is 19.3 Å². The Bertz CT molecular complexity index is 701. The van der Waals surface area contributed by atoms with Gasteiger partial charge in [0.2, 0.25) is 5.95 Å². The highest BCUT2D eigenvalue weighted by molar-refractivity contribution is 5.70. The third-order valence-corrected chi connectivity index (χ3v) is 3.20. The Morgan fingerprint density at radius 2 is 2.35 bits per heavy atom. The summed E-state index contributed by atoms with van der Waals surface area (Å²) >= 11 is 0. The first kappa shape index (κ1) is 13.0. The number of aromatic amines is 1. The van der Waals surface area contributed by atoms with E-state index in [1.807, 2.05) is 0 Å². The van der Waals surface area contributed by atoms with Crippen LogP contribution >= 0.6 is 0 Å². The first-order chi connectivity index (χ1) is 9.52. The van der Waals surface area contributed by atoms with Crippen LogP contribution in [0.25, 0.3) is 11.2 Å². The molecule has 0 spiro atoms. The molecule has 1 aliphatic rings. The highest BCUT2D eigenvalue weighted by atomic mass is 18.2. The molecule has 0 amide bonds. The molecule has 0 bridgehead atoms. The number of imidazole rings is 1. The van der Waals surface area contributed by atoms with Crippen LogP contribution in [0, 0.1) is 0 Å². The van der Waals surface area contributed by atoms with Crippen molar-refractivity contribution in [3.05, 3.63) is 16.7 Å². The van der Waals surface area contributed by atoms with Crippen LogP contribution < -0.4 is 11.3 Å². The summed E-state index contributed by atoms with van der Waals surface area (Å²) in [7, 11) is 0. The molecule has 1 fully saturated rings. The van der Waals surface area contributed by atoms with E-state index in [4.69, 9.17) is 15.6 Å². The van der Waals surface area contributed by atoms with Gasteiger partial charge >= 0.3 is 0 Å². The molecule has 5 N–H and O–H groups in total. The van der Waals surface area contributed by atoms with Crippen LogP contribution in [-0.2, 0) is 4.74 Å². The first-order valence-corrected chi connectivity index (χ1v) is 5.83. The number of fused-ring (bicyclic) bond motifs is 1. The van der Waals surface area contributed by atoms with Crippen LogP contribution in [-0.4, -0.2) is 54.7 Å². The Balaban J connectivity index is 2.09. The number of ether oxygens (including phenoxy) is 1. The minimum atomic E-state index is -1.79. The monoisotopic (exact) mass is 284 g/mol. The molecule has 1 aliphatic heterocycles. The second kappa shape index (κ2) is 4.51. The van der Waals surface area contributed by atoms with Crippen LogP contribution in [0.15, 0.2) is 11.1 Å². The maximum absolute atomic E-state index is 14.0. The van der Waals surface area contributed by atoms with Crippen molar-refractivity contribution in [1.29, 1.82) is 0 Å². The number of aromatic nitrogens is 4.